The van der Waals surface area contributed by atoms with Gasteiger partial charge in [-0.2, -0.15) is 59.9 Å². The third-order valence-corrected chi connectivity index (χ3v) is 9.59. The van der Waals surface area contributed by atoms with E-state index in [4.69, 9.17) is 23.7 Å². The number of hydrogen-bond acceptors (Lipinski definition) is 5. The minimum absolute atomic E-state index is 0. The molecule has 0 fully saturated rings. The van der Waals surface area contributed by atoms with E-state index in [9.17, 15) is 5.73 Å². The fourth-order valence-corrected chi connectivity index (χ4v) is 6.78. The van der Waals surface area contributed by atoms with E-state index in [0.717, 1.165) is 61.7 Å². The Bertz CT molecular complexity index is 1870. The maximum atomic E-state index is 9.20. The summed E-state index contributed by atoms with van der Waals surface area (Å²) in [5.41, 5.74) is 18.0. The molecule has 2 heterocycles. The first kappa shape index (κ1) is 54.1. The van der Waals surface area contributed by atoms with E-state index in [1.54, 1.807) is 7.11 Å². The molecule has 0 saturated heterocycles. The van der Waals surface area contributed by atoms with Crippen LogP contribution >= 0.6 is 18.9 Å². The minimum atomic E-state index is -0.922. The van der Waals surface area contributed by atoms with Gasteiger partial charge in [-0.25, -0.2) is 0 Å². The molecule has 2 aliphatic rings. The van der Waals surface area contributed by atoms with E-state index in [1.807, 2.05) is 91.0 Å². The van der Waals surface area contributed by atoms with E-state index in [0.29, 0.717) is 5.75 Å². The summed E-state index contributed by atoms with van der Waals surface area (Å²) >= 11 is 1.82. The summed E-state index contributed by atoms with van der Waals surface area (Å²) in [6, 6.07) is 31.2. The van der Waals surface area contributed by atoms with Crippen LogP contribution in [0.15, 0.2) is 84.9 Å². The van der Waals surface area contributed by atoms with Crippen LogP contribution in [0.1, 0.15) is 52.8 Å². The summed E-state index contributed by atoms with van der Waals surface area (Å²) in [6.45, 7) is 21.5. The topological polar surface area (TPSA) is 70.0 Å². The van der Waals surface area contributed by atoms with Gasteiger partial charge in [0.25, 0.3) is 0 Å². The van der Waals surface area contributed by atoms with Crippen molar-refractivity contribution in [3.8, 4) is 39.9 Å². The van der Waals surface area contributed by atoms with Crippen molar-refractivity contribution in [3.63, 3.8) is 0 Å². The average Bonchev–Trinajstić information content (AvgIpc) is 3.83. The molecule has 0 aromatic heterocycles. The number of aryl methyl sites for hydroxylation is 4. The molecule has 0 amide bonds. The molecule has 56 heavy (non-hydrogen) atoms. The first-order valence-corrected chi connectivity index (χ1v) is 20.0. The zero-order valence-corrected chi connectivity index (χ0v) is 38.2. The van der Waals surface area contributed by atoms with Gasteiger partial charge in [0.1, 0.15) is 17.2 Å². The van der Waals surface area contributed by atoms with Gasteiger partial charge < -0.3 is 36.3 Å². The van der Waals surface area contributed by atoms with Crippen molar-refractivity contribution in [1.29, 1.82) is 0 Å². The quantitative estimate of drug-likeness (QED) is 0.0963. The first-order chi connectivity index (χ1) is 25.3. The third-order valence-electron chi connectivity index (χ3n) is 9.11. The number of benzene rings is 5. The van der Waals surface area contributed by atoms with Crippen molar-refractivity contribution in [2.45, 2.75) is 47.1 Å². The van der Waals surface area contributed by atoms with E-state index >= 15 is 0 Å². The predicted molar refractivity (Wildman–Crippen MR) is 216 cm³/mol. The van der Waals surface area contributed by atoms with Gasteiger partial charge >= 0.3 is 27.0 Å². The standard InChI is InChI=1S/C20H24NO.C15H12O4P.C9H12.3Ar.ClH.Ru/c1-14(2)16(4)20(21,17-8-6-15(3)7-9-17)18-10-12-19(22-5)13-11-18;1-8-2-3-9-14(18-6-16-9)12(8)13-11(20)5-4-10-15(13)19-7-17-10;1-7-4-8(2)6-9(3)5-7;;;;;/h6-8,10-14,16,21H,4H2,1-3,5H3;2-5H,1,6-7,20H2;4-6H,1-3H3;;;;1H;/q-3;-1;;;;;;+1/p-1. The summed E-state index contributed by atoms with van der Waals surface area (Å²) in [4.78, 5) is 0. The zero-order valence-electron chi connectivity index (χ0n) is 32.5. The van der Waals surface area contributed by atoms with Gasteiger partial charge in [-0.1, -0.05) is 97.0 Å². The Kier molecular flexibility index (Phi) is 24.9. The Morgan fingerprint density at radius 3 is 1.71 bits per heavy atom. The van der Waals surface area contributed by atoms with Crippen molar-refractivity contribution < 1.29 is 154 Å². The molecule has 0 aliphatic carbocycles. The normalized spacial score (nSPS) is 12.9. The van der Waals surface area contributed by atoms with E-state index in [-0.39, 0.29) is 139 Å². The Morgan fingerprint density at radius 2 is 1.25 bits per heavy atom. The molecule has 1 N–H and O–H groups in total. The number of hydrogen-bond donors (Lipinski definition) is 0. The van der Waals surface area contributed by atoms with Gasteiger partial charge in [0.05, 0.1) is 7.11 Å². The molecule has 12 heteroatoms. The first-order valence-electron chi connectivity index (χ1n) is 17.2. The van der Waals surface area contributed by atoms with Crippen LogP contribution in [0.5, 0.6) is 28.7 Å². The zero-order chi connectivity index (χ0) is 38.9. The number of fused-ring (bicyclic) bond motifs is 2. The molecule has 0 radical (unpaired) electrons. The molecular formula is C44H48Ar3ClNO5PRu-4. The van der Waals surface area contributed by atoms with Gasteiger partial charge in [0.15, 0.2) is 11.5 Å². The molecule has 3 unspecified atom stereocenters. The number of rotatable bonds is 6. The molecule has 0 spiro atoms. The second-order valence-electron chi connectivity index (χ2n) is 13.4. The van der Waals surface area contributed by atoms with Gasteiger partial charge in [-0.3, -0.25) is 0 Å². The van der Waals surface area contributed by atoms with Crippen LogP contribution < -0.4 is 29.0 Å². The van der Waals surface area contributed by atoms with Crippen LogP contribution in [0.2, 0.25) is 0 Å². The monoisotopic (exact) mass is 958 g/mol. The van der Waals surface area contributed by atoms with Crippen LogP contribution in [-0.2, 0) is 22.9 Å². The molecule has 5 aromatic rings. The summed E-state index contributed by atoms with van der Waals surface area (Å²) in [5.74, 6) is 3.91. The van der Waals surface area contributed by atoms with Crippen LogP contribution in [-0.4, -0.2) is 20.7 Å². The van der Waals surface area contributed by atoms with Crippen LogP contribution in [0.25, 0.3) is 16.9 Å². The number of methoxy groups -OCH3 is 1. The van der Waals surface area contributed by atoms with E-state index < -0.39 is 5.54 Å². The molecule has 307 valence electrons. The predicted octanol–water partition coefficient (Wildman–Crippen LogP) is 11.0. The molecule has 3 atom stereocenters. The average molecular weight is 958 g/mol. The summed E-state index contributed by atoms with van der Waals surface area (Å²) < 4.78 is 27.4. The van der Waals surface area contributed by atoms with E-state index in [2.05, 4.69) is 91.7 Å². The molecule has 0 saturated carbocycles. The summed E-state index contributed by atoms with van der Waals surface area (Å²) in [6.07, 6.45) is 0. The Hall–Kier alpha value is 0.0526. The van der Waals surface area contributed by atoms with Gasteiger partial charge in [0.2, 0.25) is 13.6 Å². The van der Waals surface area contributed by atoms with Crippen molar-refractivity contribution in [1.82, 2.24) is 0 Å². The van der Waals surface area contributed by atoms with Gasteiger partial charge in [0, 0.05) is 113 Å². The molecule has 6 nitrogen and oxygen atoms in total. The van der Waals surface area contributed by atoms with Gasteiger partial charge in [-0.15, -0.1) is 14.8 Å². The maximum absolute atomic E-state index is 9.20. The summed E-state index contributed by atoms with van der Waals surface area (Å²) in [5, 5.41) is 1.00. The second-order valence-corrected chi connectivity index (χ2v) is 14.1. The summed E-state index contributed by atoms with van der Waals surface area (Å²) in [7, 11) is 8.93. The fraction of sp³-hybridized carbons (Fsp3) is 0.273. The number of halogens is 1. The van der Waals surface area contributed by atoms with Gasteiger partial charge in [-0.05, 0) is 49.8 Å². The van der Waals surface area contributed by atoms with Crippen molar-refractivity contribution in [3.05, 3.63) is 150 Å². The van der Waals surface area contributed by atoms with Crippen molar-refractivity contribution in [2.75, 3.05) is 20.7 Å². The van der Waals surface area contributed by atoms with Crippen LogP contribution in [0.3, 0.4) is 0 Å². The van der Waals surface area contributed by atoms with Crippen LogP contribution in [0.4, 0.5) is 0 Å². The Balaban J connectivity index is 0.000000427. The fourth-order valence-electron chi connectivity index (χ4n) is 6.41. The SMILES string of the molecule is Cc1cc(C)cc(C)c1.[Ar].[Ar].[Ar].[CH2-]C(C(C)C)C([NH-])(c1[c-]cc(C)cc1)c1ccc(OC)cc1.[CH2-]c1ccc2c(c1-c1c(P)ccc3c1OCO3)OCO2.[Cl][Ru]. The molecule has 2 aliphatic heterocycles. The molecule has 0 bridgehead atoms. The molecule has 7 rings (SSSR count). The Morgan fingerprint density at radius 1 is 0.750 bits per heavy atom. The van der Waals surface area contributed by atoms with E-state index in [1.165, 1.54) is 16.7 Å². The third kappa shape index (κ3) is 13.5. The van der Waals surface area contributed by atoms with Crippen LogP contribution in [0, 0.1) is 173 Å². The Labute approximate surface area is 441 Å². The van der Waals surface area contributed by atoms with Crippen molar-refractivity contribution in [2.24, 2.45) is 11.8 Å². The number of ether oxygens (including phenoxy) is 5. The molecule has 5 aromatic carbocycles. The number of nitrogens with one attached hydrogen (secondary N) is 1. The molecular weight excluding hydrogens is 910 g/mol. The van der Waals surface area contributed by atoms with Crippen molar-refractivity contribution >= 4 is 24.2 Å². The second kappa shape index (κ2) is 25.7.